The van der Waals surface area contributed by atoms with Gasteiger partial charge in [-0.25, -0.2) is 0 Å². The Morgan fingerprint density at radius 3 is 2.00 bits per heavy atom. The first-order chi connectivity index (χ1) is 8.99. The monoisotopic (exact) mass is 261 g/mol. The summed E-state index contributed by atoms with van der Waals surface area (Å²) in [7, 11) is 0. The first kappa shape index (κ1) is 17.4. The topological polar surface area (TPSA) is 29.1 Å². The second-order valence-corrected chi connectivity index (χ2v) is 4.87. The van der Waals surface area contributed by atoms with Crippen molar-refractivity contribution >= 4 is 17.7 Å². The molecule has 1 rings (SSSR count). The standard InChI is InChI=1S/C15H21NO.C2H6/c1-11(2)5-6-13-7-9-14(10-8-13)16-15(17)12(3)4;1-2/h5-12H,1-4H3,(H,16,17);1-2H3/b6-5+;. The van der Waals surface area contributed by atoms with E-state index in [4.69, 9.17) is 0 Å². The van der Waals surface area contributed by atoms with Crippen LogP contribution in [0.4, 0.5) is 5.69 Å². The number of amides is 1. The maximum absolute atomic E-state index is 11.5. The third-order valence-corrected chi connectivity index (χ3v) is 2.38. The molecule has 0 heterocycles. The van der Waals surface area contributed by atoms with Crippen LogP contribution < -0.4 is 5.32 Å². The molecule has 0 unspecified atom stereocenters. The van der Waals surface area contributed by atoms with Gasteiger partial charge in [-0.3, -0.25) is 4.79 Å². The molecule has 106 valence electrons. The third-order valence-electron chi connectivity index (χ3n) is 2.38. The molecule has 0 aromatic heterocycles. The second-order valence-electron chi connectivity index (χ2n) is 4.87. The first-order valence-electron chi connectivity index (χ1n) is 7.08. The molecule has 0 aliphatic rings. The van der Waals surface area contributed by atoms with Gasteiger partial charge in [-0.2, -0.15) is 0 Å². The minimum Gasteiger partial charge on any atom is -0.326 e. The van der Waals surface area contributed by atoms with Crippen molar-refractivity contribution in [1.29, 1.82) is 0 Å². The summed E-state index contributed by atoms with van der Waals surface area (Å²) >= 11 is 0. The van der Waals surface area contributed by atoms with Gasteiger partial charge in [-0.1, -0.05) is 65.8 Å². The van der Waals surface area contributed by atoms with Gasteiger partial charge in [0.1, 0.15) is 0 Å². The van der Waals surface area contributed by atoms with Gasteiger partial charge in [-0.05, 0) is 23.6 Å². The van der Waals surface area contributed by atoms with Crippen LogP contribution in [0.5, 0.6) is 0 Å². The van der Waals surface area contributed by atoms with Crippen molar-refractivity contribution in [3.8, 4) is 0 Å². The minimum atomic E-state index is 0.00973. The van der Waals surface area contributed by atoms with Crippen LogP contribution in [0.2, 0.25) is 0 Å². The number of carbonyl (C=O) groups is 1. The van der Waals surface area contributed by atoms with Crippen molar-refractivity contribution in [2.75, 3.05) is 5.32 Å². The van der Waals surface area contributed by atoms with E-state index in [1.54, 1.807) is 0 Å². The molecule has 0 radical (unpaired) electrons. The van der Waals surface area contributed by atoms with E-state index in [1.165, 1.54) is 0 Å². The normalized spacial score (nSPS) is 10.5. The second kappa shape index (κ2) is 9.37. The van der Waals surface area contributed by atoms with Crippen LogP contribution in [-0.2, 0) is 4.79 Å². The van der Waals surface area contributed by atoms with Crippen molar-refractivity contribution < 1.29 is 4.79 Å². The Labute approximate surface area is 117 Å². The first-order valence-corrected chi connectivity index (χ1v) is 7.08. The average Bonchev–Trinajstić information content (AvgIpc) is 2.40. The van der Waals surface area contributed by atoms with Crippen LogP contribution in [0.3, 0.4) is 0 Å². The molecule has 0 bridgehead atoms. The van der Waals surface area contributed by atoms with E-state index in [1.807, 2.05) is 52.0 Å². The van der Waals surface area contributed by atoms with E-state index < -0.39 is 0 Å². The zero-order valence-corrected chi connectivity index (χ0v) is 13.0. The van der Waals surface area contributed by atoms with E-state index in [2.05, 4.69) is 31.3 Å². The summed E-state index contributed by atoms with van der Waals surface area (Å²) in [6, 6.07) is 7.88. The lowest BCUT2D eigenvalue weighted by atomic mass is 10.1. The predicted molar refractivity (Wildman–Crippen MR) is 85.1 cm³/mol. The highest BCUT2D eigenvalue weighted by atomic mass is 16.1. The molecule has 1 aromatic rings. The smallest absolute Gasteiger partial charge is 0.226 e. The molecular weight excluding hydrogens is 234 g/mol. The van der Waals surface area contributed by atoms with Crippen LogP contribution in [0.25, 0.3) is 6.08 Å². The summed E-state index contributed by atoms with van der Waals surface area (Å²) in [5.41, 5.74) is 2.01. The van der Waals surface area contributed by atoms with E-state index in [0.717, 1.165) is 11.3 Å². The number of benzene rings is 1. The maximum atomic E-state index is 11.5. The van der Waals surface area contributed by atoms with Gasteiger partial charge in [0.25, 0.3) is 0 Å². The number of rotatable bonds is 4. The molecular formula is C17H27NO. The molecule has 1 aromatic carbocycles. The molecule has 0 aliphatic heterocycles. The zero-order valence-electron chi connectivity index (χ0n) is 13.0. The Hall–Kier alpha value is -1.57. The van der Waals surface area contributed by atoms with Gasteiger partial charge in [0, 0.05) is 11.6 Å². The number of carbonyl (C=O) groups excluding carboxylic acids is 1. The summed E-state index contributed by atoms with van der Waals surface area (Å²) in [4.78, 5) is 11.5. The van der Waals surface area contributed by atoms with Crippen molar-refractivity contribution in [2.45, 2.75) is 41.5 Å². The molecule has 0 atom stereocenters. The predicted octanol–water partition coefficient (Wildman–Crippen LogP) is 4.98. The molecule has 2 heteroatoms. The van der Waals surface area contributed by atoms with Crippen molar-refractivity contribution in [3.05, 3.63) is 35.9 Å². The lowest BCUT2D eigenvalue weighted by Gasteiger charge is -2.07. The fourth-order valence-electron chi connectivity index (χ4n) is 1.27. The van der Waals surface area contributed by atoms with Crippen LogP contribution in [-0.4, -0.2) is 5.91 Å². The van der Waals surface area contributed by atoms with Crippen molar-refractivity contribution in [1.82, 2.24) is 0 Å². The summed E-state index contributed by atoms with van der Waals surface area (Å²) < 4.78 is 0. The molecule has 0 aliphatic carbocycles. The summed E-state index contributed by atoms with van der Waals surface area (Å²) in [6.07, 6.45) is 4.25. The number of nitrogens with one attached hydrogen (secondary N) is 1. The quantitative estimate of drug-likeness (QED) is 0.814. The average molecular weight is 261 g/mol. The summed E-state index contributed by atoms with van der Waals surface area (Å²) in [6.45, 7) is 12.1. The molecule has 19 heavy (non-hydrogen) atoms. The van der Waals surface area contributed by atoms with E-state index in [-0.39, 0.29) is 11.8 Å². The van der Waals surface area contributed by atoms with Crippen LogP contribution >= 0.6 is 0 Å². The van der Waals surface area contributed by atoms with Crippen LogP contribution in [0, 0.1) is 11.8 Å². The van der Waals surface area contributed by atoms with Gasteiger partial charge in [0.2, 0.25) is 5.91 Å². The minimum absolute atomic E-state index is 0.00973. The Morgan fingerprint density at radius 1 is 1.05 bits per heavy atom. The molecule has 0 spiro atoms. The molecule has 0 saturated carbocycles. The Bertz CT molecular complexity index is 388. The van der Waals surface area contributed by atoms with Gasteiger partial charge in [0.15, 0.2) is 0 Å². The number of allylic oxidation sites excluding steroid dienone is 1. The SMILES string of the molecule is CC.CC(C)/C=C/c1ccc(NC(=O)C(C)C)cc1. The van der Waals surface area contributed by atoms with Crippen molar-refractivity contribution in [3.63, 3.8) is 0 Å². The maximum Gasteiger partial charge on any atom is 0.226 e. The van der Waals surface area contributed by atoms with Crippen molar-refractivity contribution in [2.24, 2.45) is 11.8 Å². The van der Waals surface area contributed by atoms with Gasteiger partial charge < -0.3 is 5.32 Å². The molecule has 2 nitrogen and oxygen atoms in total. The lowest BCUT2D eigenvalue weighted by Crippen LogP contribution is -2.17. The highest BCUT2D eigenvalue weighted by Gasteiger charge is 2.06. The van der Waals surface area contributed by atoms with Crippen LogP contribution in [0.15, 0.2) is 30.3 Å². The largest absolute Gasteiger partial charge is 0.326 e. The molecule has 0 fully saturated rings. The fraction of sp³-hybridized carbons (Fsp3) is 0.471. The van der Waals surface area contributed by atoms with E-state index in [0.29, 0.717) is 5.92 Å². The van der Waals surface area contributed by atoms with E-state index in [9.17, 15) is 4.79 Å². The number of hydrogen-bond acceptors (Lipinski definition) is 1. The highest BCUT2D eigenvalue weighted by molar-refractivity contribution is 5.92. The van der Waals surface area contributed by atoms with Gasteiger partial charge in [-0.15, -0.1) is 0 Å². The molecule has 1 amide bonds. The van der Waals surface area contributed by atoms with Gasteiger partial charge >= 0.3 is 0 Å². The van der Waals surface area contributed by atoms with E-state index >= 15 is 0 Å². The van der Waals surface area contributed by atoms with Crippen LogP contribution in [0.1, 0.15) is 47.1 Å². The lowest BCUT2D eigenvalue weighted by molar-refractivity contribution is -0.118. The zero-order chi connectivity index (χ0) is 14.8. The Balaban J connectivity index is 0.00000154. The molecule has 1 N–H and O–H groups in total. The molecule has 0 saturated heterocycles. The third kappa shape index (κ3) is 7.45. The number of anilines is 1. The summed E-state index contributed by atoms with van der Waals surface area (Å²) in [5, 5.41) is 2.87. The number of hydrogen-bond donors (Lipinski definition) is 1. The fourth-order valence-corrected chi connectivity index (χ4v) is 1.27. The Morgan fingerprint density at radius 2 is 1.58 bits per heavy atom. The van der Waals surface area contributed by atoms with Gasteiger partial charge in [0.05, 0.1) is 0 Å². The highest BCUT2D eigenvalue weighted by Crippen LogP contribution is 2.12. The summed E-state index contributed by atoms with van der Waals surface area (Å²) in [5.74, 6) is 0.612. The Kier molecular flexibility index (Phi) is 8.60.